The van der Waals surface area contributed by atoms with Crippen molar-refractivity contribution in [1.29, 1.82) is 0 Å². The molecule has 0 aliphatic carbocycles. The molecule has 1 aromatic rings. The number of rotatable bonds is 4. The summed E-state index contributed by atoms with van der Waals surface area (Å²) in [4.78, 5) is 11.3. The van der Waals surface area contributed by atoms with Crippen LogP contribution in [-0.4, -0.2) is 23.7 Å². The van der Waals surface area contributed by atoms with Crippen molar-refractivity contribution in [2.24, 2.45) is 0 Å². The average molecular weight is 240 g/mol. The lowest BCUT2D eigenvalue weighted by Crippen LogP contribution is -2.33. The summed E-state index contributed by atoms with van der Waals surface area (Å²) in [5.41, 5.74) is 0.899. The number of hydrogen-bond donors (Lipinski definition) is 2. The third-order valence-corrected chi connectivity index (χ3v) is 2.21. The van der Waals surface area contributed by atoms with Crippen LogP contribution in [0.2, 0.25) is 5.02 Å². The molecule has 1 atom stereocenters. The Morgan fingerprint density at radius 1 is 1.50 bits per heavy atom. The van der Waals surface area contributed by atoms with Gasteiger partial charge in [0.05, 0.1) is 6.61 Å². The van der Waals surface area contributed by atoms with Crippen LogP contribution in [-0.2, 0) is 4.79 Å². The van der Waals surface area contributed by atoms with Crippen molar-refractivity contribution >= 4 is 23.6 Å². The van der Waals surface area contributed by atoms with Crippen LogP contribution < -0.4 is 5.32 Å². The first-order chi connectivity index (χ1) is 7.61. The van der Waals surface area contributed by atoms with E-state index in [1.165, 1.54) is 6.08 Å². The van der Waals surface area contributed by atoms with Crippen molar-refractivity contribution < 1.29 is 9.90 Å². The highest BCUT2D eigenvalue weighted by molar-refractivity contribution is 6.30. The van der Waals surface area contributed by atoms with Gasteiger partial charge in [-0.3, -0.25) is 4.79 Å². The predicted molar refractivity (Wildman–Crippen MR) is 65.2 cm³/mol. The molecule has 86 valence electrons. The molecule has 3 nitrogen and oxygen atoms in total. The summed E-state index contributed by atoms with van der Waals surface area (Å²) in [6, 6.07) is 6.93. The average Bonchev–Trinajstić information content (AvgIpc) is 2.28. The van der Waals surface area contributed by atoms with Crippen LogP contribution in [0.1, 0.15) is 12.5 Å². The largest absolute Gasteiger partial charge is 0.394 e. The molecule has 1 amide bonds. The fourth-order valence-electron chi connectivity index (χ4n) is 1.08. The maximum absolute atomic E-state index is 11.3. The Balaban J connectivity index is 2.53. The van der Waals surface area contributed by atoms with Crippen molar-refractivity contribution in [2.45, 2.75) is 13.0 Å². The van der Waals surface area contributed by atoms with Crippen LogP contribution in [0.15, 0.2) is 30.3 Å². The van der Waals surface area contributed by atoms with E-state index in [1.807, 2.05) is 12.1 Å². The molecule has 0 saturated heterocycles. The molecule has 0 unspecified atom stereocenters. The van der Waals surface area contributed by atoms with Gasteiger partial charge in [-0.05, 0) is 30.7 Å². The van der Waals surface area contributed by atoms with E-state index in [4.69, 9.17) is 16.7 Å². The molecular weight excluding hydrogens is 226 g/mol. The van der Waals surface area contributed by atoms with Crippen LogP contribution in [0.25, 0.3) is 6.08 Å². The molecule has 0 heterocycles. The van der Waals surface area contributed by atoms with Crippen molar-refractivity contribution in [3.05, 3.63) is 40.9 Å². The van der Waals surface area contributed by atoms with Crippen molar-refractivity contribution in [1.82, 2.24) is 5.32 Å². The first-order valence-corrected chi connectivity index (χ1v) is 5.34. The molecule has 0 aliphatic heterocycles. The Hall–Kier alpha value is -1.32. The second-order valence-electron chi connectivity index (χ2n) is 3.48. The minimum Gasteiger partial charge on any atom is -0.394 e. The lowest BCUT2D eigenvalue weighted by atomic mass is 10.2. The number of aliphatic hydroxyl groups excluding tert-OH is 1. The summed E-state index contributed by atoms with van der Waals surface area (Å²) >= 11 is 5.73. The molecule has 1 rings (SSSR count). The molecule has 0 fully saturated rings. The predicted octanol–water partition coefficient (Wildman–Crippen LogP) is 1.85. The molecule has 0 spiro atoms. The Labute approximate surface area is 99.7 Å². The second-order valence-corrected chi connectivity index (χ2v) is 3.91. The van der Waals surface area contributed by atoms with Gasteiger partial charge >= 0.3 is 0 Å². The first-order valence-electron chi connectivity index (χ1n) is 4.97. The maximum atomic E-state index is 11.3. The molecule has 0 saturated carbocycles. The highest BCUT2D eigenvalue weighted by Gasteiger charge is 2.01. The number of amides is 1. The number of carbonyl (C=O) groups is 1. The fourth-order valence-corrected chi connectivity index (χ4v) is 1.21. The SMILES string of the molecule is C[C@@H](CO)NC(=O)/C=C/c1ccc(Cl)cc1. The van der Waals surface area contributed by atoms with Gasteiger partial charge in [0, 0.05) is 17.1 Å². The summed E-state index contributed by atoms with van der Waals surface area (Å²) in [5, 5.41) is 12.0. The van der Waals surface area contributed by atoms with Crippen LogP contribution in [0.5, 0.6) is 0 Å². The van der Waals surface area contributed by atoms with Gasteiger partial charge < -0.3 is 10.4 Å². The van der Waals surface area contributed by atoms with E-state index in [-0.39, 0.29) is 18.6 Å². The van der Waals surface area contributed by atoms with Gasteiger partial charge in [0.2, 0.25) is 5.91 Å². The second kappa shape index (κ2) is 6.30. The summed E-state index contributed by atoms with van der Waals surface area (Å²) in [5.74, 6) is -0.225. The zero-order chi connectivity index (χ0) is 12.0. The minimum absolute atomic E-state index is 0.0689. The van der Waals surface area contributed by atoms with Gasteiger partial charge in [-0.25, -0.2) is 0 Å². The number of halogens is 1. The van der Waals surface area contributed by atoms with Gasteiger partial charge in [0.15, 0.2) is 0 Å². The van der Waals surface area contributed by atoms with E-state index < -0.39 is 0 Å². The van der Waals surface area contributed by atoms with E-state index in [0.29, 0.717) is 5.02 Å². The summed E-state index contributed by atoms with van der Waals surface area (Å²) < 4.78 is 0. The molecule has 16 heavy (non-hydrogen) atoms. The fraction of sp³-hybridized carbons (Fsp3) is 0.250. The Morgan fingerprint density at radius 2 is 2.12 bits per heavy atom. The van der Waals surface area contributed by atoms with E-state index >= 15 is 0 Å². The molecule has 4 heteroatoms. The van der Waals surface area contributed by atoms with Gasteiger partial charge in [-0.1, -0.05) is 23.7 Å². The zero-order valence-electron chi connectivity index (χ0n) is 8.98. The smallest absolute Gasteiger partial charge is 0.244 e. The van der Waals surface area contributed by atoms with Crippen molar-refractivity contribution in [3.63, 3.8) is 0 Å². The van der Waals surface area contributed by atoms with Crippen LogP contribution in [0.3, 0.4) is 0 Å². The number of carbonyl (C=O) groups excluding carboxylic acids is 1. The molecule has 1 aromatic carbocycles. The topological polar surface area (TPSA) is 49.3 Å². The van der Waals surface area contributed by atoms with E-state index in [2.05, 4.69) is 5.32 Å². The number of hydrogen-bond acceptors (Lipinski definition) is 2. The lowest BCUT2D eigenvalue weighted by Gasteiger charge is -2.07. The third-order valence-electron chi connectivity index (χ3n) is 1.96. The van der Waals surface area contributed by atoms with E-state index in [9.17, 15) is 4.79 Å². The van der Waals surface area contributed by atoms with Gasteiger partial charge in [-0.2, -0.15) is 0 Å². The molecule has 0 aromatic heterocycles. The number of nitrogens with one attached hydrogen (secondary N) is 1. The van der Waals surface area contributed by atoms with Gasteiger partial charge in [0.25, 0.3) is 0 Å². The Kier molecular flexibility index (Phi) is 5.02. The normalized spacial score (nSPS) is 12.7. The molecule has 0 radical (unpaired) electrons. The highest BCUT2D eigenvalue weighted by atomic mass is 35.5. The summed E-state index contributed by atoms with van der Waals surface area (Å²) in [6.45, 7) is 1.66. The first kappa shape index (κ1) is 12.7. The summed E-state index contributed by atoms with van der Waals surface area (Å²) in [7, 11) is 0. The quantitative estimate of drug-likeness (QED) is 0.788. The van der Waals surface area contributed by atoms with Gasteiger partial charge in [-0.15, -0.1) is 0 Å². The number of benzene rings is 1. The highest BCUT2D eigenvalue weighted by Crippen LogP contribution is 2.10. The van der Waals surface area contributed by atoms with E-state index in [1.54, 1.807) is 25.1 Å². The van der Waals surface area contributed by atoms with Crippen molar-refractivity contribution in [2.75, 3.05) is 6.61 Å². The third kappa shape index (κ3) is 4.47. The van der Waals surface area contributed by atoms with Gasteiger partial charge in [0.1, 0.15) is 0 Å². The zero-order valence-corrected chi connectivity index (χ0v) is 9.74. The summed E-state index contributed by atoms with van der Waals surface area (Å²) in [6.07, 6.45) is 3.12. The lowest BCUT2D eigenvalue weighted by molar-refractivity contribution is -0.117. The number of aliphatic hydroxyl groups is 1. The Morgan fingerprint density at radius 3 is 2.69 bits per heavy atom. The molecule has 0 bridgehead atoms. The molecule has 2 N–H and O–H groups in total. The van der Waals surface area contributed by atoms with E-state index in [0.717, 1.165) is 5.56 Å². The molecular formula is C12H14ClNO2. The van der Waals surface area contributed by atoms with Crippen LogP contribution in [0.4, 0.5) is 0 Å². The monoisotopic (exact) mass is 239 g/mol. The Bertz CT molecular complexity index is 373. The maximum Gasteiger partial charge on any atom is 0.244 e. The van der Waals surface area contributed by atoms with Crippen molar-refractivity contribution in [3.8, 4) is 0 Å². The molecule has 0 aliphatic rings. The van der Waals surface area contributed by atoms with Crippen LogP contribution in [0, 0.1) is 0 Å². The standard InChI is InChI=1S/C12H14ClNO2/c1-9(8-15)14-12(16)7-4-10-2-5-11(13)6-3-10/h2-7,9,15H,8H2,1H3,(H,14,16)/b7-4+/t9-/m0/s1. The minimum atomic E-state index is -0.234. The van der Waals surface area contributed by atoms with Crippen LogP contribution >= 0.6 is 11.6 Å².